The molecule has 4 rings (SSSR count). The highest BCUT2D eigenvalue weighted by molar-refractivity contribution is 7.88. The second kappa shape index (κ2) is 9.36. The number of amides is 1. The van der Waals surface area contributed by atoms with Crippen molar-refractivity contribution in [2.45, 2.75) is 58.8 Å². The molecule has 1 aliphatic rings. The van der Waals surface area contributed by atoms with Crippen molar-refractivity contribution in [2.75, 3.05) is 12.8 Å². The molecule has 0 unspecified atom stereocenters. The molecule has 1 N–H and O–H groups in total. The SMILES string of the molecule is C[C@H](NC(=O)OC(C)(C)C)c1cccc(Cn2ncc3c4c(n(C)c3c2=O)CN(S(C)(=O)=O)CC4)c1. The van der Waals surface area contributed by atoms with Crippen LogP contribution in [0.25, 0.3) is 10.9 Å². The van der Waals surface area contributed by atoms with Gasteiger partial charge >= 0.3 is 6.09 Å². The van der Waals surface area contributed by atoms with Crippen molar-refractivity contribution in [3.8, 4) is 0 Å². The lowest BCUT2D eigenvalue weighted by Crippen LogP contribution is -2.35. The van der Waals surface area contributed by atoms with Crippen LogP contribution in [0.2, 0.25) is 0 Å². The maximum atomic E-state index is 13.4. The molecule has 2 aromatic heterocycles. The molecule has 0 radical (unpaired) electrons. The molecule has 0 spiro atoms. The van der Waals surface area contributed by atoms with Crippen LogP contribution in [0.1, 0.15) is 56.1 Å². The Morgan fingerprint density at radius 2 is 2.00 bits per heavy atom. The average Bonchev–Trinajstić information content (AvgIpc) is 3.06. The molecule has 0 fully saturated rings. The predicted molar refractivity (Wildman–Crippen MR) is 137 cm³/mol. The molecule has 0 aliphatic carbocycles. The molecule has 0 bridgehead atoms. The van der Waals surface area contributed by atoms with Crippen LogP contribution >= 0.6 is 0 Å². The number of nitrogens with zero attached hydrogens (tertiary/aromatic N) is 4. The number of carbonyl (C=O) groups is 1. The molecule has 10 nitrogen and oxygen atoms in total. The van der Waals surface area contributed by atoms with Crippen LogP contribution in [0.15, 0.2) is 35.3 Å². The van der Waals surface area contributed by atoms with Gasteiger partial charge in [0.1, 0.15) is 11.1 Å². The average molecular weight is 516 g/mol. The normalized spacial score (nSPS) is 15.5. The first-order valence-electron chi connectivity index (χ1n) is 11.8. The molecule has 1 atom stereocenters. The van der Waals surface area contributed by atoms with E-state index in [4.69, 9.17) is 4.74 Å². The van der Waals surface area contributed by atoms with Gasteiger partial charge in [0.05, 0.1) is 31.6 Å². The summed E-state index contributed by atoms with van der Waals surface area (Å²) in [6.45, 7) is 8.18. The number of fused-ring (bicyclic) bond motifs is 3. The zero-order valence-corrected chi connectivity index (χ0v) is 22.3. The van der Waals surface area contributed by atoms with E-state index in [2.05, 4.69) is 10.4 Å². The predicted octanol–water partition coefficient (Wildman–Crippen LogP) is 2.69. The van der Waals surface area contributed by atoms with E-state index in [0.29, 0.717) is 18.5 Å². The second-order valence-electron chi connectivity index (χ2n) is 10.3. The zero-order valence-electron chi connectivity index (χ0n) is 21.5. The number of hydrogen-bond donors (Lipinski definition) is 1. The third-order valence-corrected chi connectivity index (χ3v) is 7.60. The van der Waals surface area contributed by atoms with E-state index in [-0.39, 0.29) is 24.7 Å². The number of ether oxygens (including phenoxy) is 1. The minimum absolute atomic E-state index is 0.236. The molecule has 11 heteroatoms. The van der Waals surface area contributed by atoms with Crippen LogP contribution < -0.4 is 10.9 Å². The van der Waals surface area contributed by atoms with Crippen molar-refractivity contribution in [1.29, 1.82) is 0 Å². The zero-order chi connectivity index (χ0) is 26.4. The number of alkyl carbamates (subject to hydrolysis) is 1. The van der Waals surface area contributed by atoms with E-state index in [1.165, 1.54) is 15.2 Å². The van der Waals surface area contributed by atoms with Gasteiger partial charge in [0, 0.05) is 24.7 Å². The van der Waals surface area contributed by atoms with E-state index in [9.17, 15) is 18.0 Å². The Balaban J connectivity index is 1.59. The molecule has 36 heavy (non-hydrogen) atoms. The van der Waals surface area contributed by atoms with Crippen molar-refractivity contribution < 1.29 is 17.9 Å². The molecule has 1 aliphatic heterocycles. The van der Waals surface area contributed by atoms with Gasteiger partial charge in [0.15, 0.2) is 0 Å². The van der Waals surface area contributed by atoms with Gasteiger partial charge < -0.3 is 14.6 Å². The Labute approximate surface area is 210 Å². The summed E-state index contributed by atoms with van der Waals surface area (Å²) >= 11 is 0. The van der Waals surface area contributed by atoms with Crippen LogP contribution in [0.5, 0.6) is 0 Å². The number of aryl methyl sites for hydroxylation is 1. The largest absolute Gasteiger partial charge is 0.444 e. The van der Waals surface area contributed by atoms with Crippen LogP contribution in [0, 0.1) is 0 Å². The van der Waals surface area contributed by atoms with Crippen molar-refractivity contribution >= 4 is 27.0 Å². The monoisotopic (exact) mass is 515 g/mol. The van der Waals surface area contributed by atoms with E-state index in [1.54, 1.807) is 17.8 Å². The minimum Gasteiger partial charge on any atom is -0.444 e. The molecule has 0 saturated carbocycles. The van der Waals surface area contributed by atoms with Gasteiger partial charge in [-0.1, -0.05) is 24.3 Å². The smallest absolute Gasteiger partial charge is 0.408 e. The van der Waals surface area contributed by atoms with Crippen molar-refractivity contribution in [1.82, 2.24) is 24.0 Å². The quantitative estimate of drug-likeness (QED) is 0.559. The fourth-order valence-corrected chi connectivity index (χ4v) is 5.36. The molecule has 1 aromatic carbocycles. The lowest BCUT2D eigenvalue weighted by Gasteiger charge is -2.25. The van der Waals surface area contributed by atoms with E-state index in [0.717, 1.165) is 27.8 Å². The standard InChI is InChI=1S/C25H33N5O5S/c1-16(27-24(32)35-25(2,3)4)18-9-7-8-17(12-18)14-30-23(31)22-20(13-26-30)19-10-11-29(36(6,33)34)15-21(19)28(22)5/h7-9,12-13,16H,10-11,14-15H2,1-6H3,(H,27,32)/t16-/m0/s1. The number of sulfonamides is 1. The number of hydrogen-bond acceptors (Lipinski definition) is 6. The van der Waals surface area contributed by atoms with Crippen molar-refractivity contribution in [3.05, 3.63) is 63.2 Å². The number of carbonyl (C=O) groups excluding carboxylic acids is 1. The Hall–Kier alpha value is -3.18. The van der Waals surface area contributed by atoms with Gasteiger partial charge in [-0.05, 0) is 50.8 Å². The van der Waals surface area contributed by atoms with Gasteiger partial charge in [-0.2, -0.15) is 9.40 Å². The highest BCUT2D eigenvalue weighted by Gasteiger charge is 2.29. The molecule has 3 heterocycles. The summed E-state index contributed by atoms with van der Waals surface area (Å²) in [5.41, 5.74) is 3.23. The lowest BCUT2D eigenvalue weighted by atomic mass is 10.1. The van der Waals surface area contributed by atoms with Crippen LogP contribution in [-0.2, 0) is 41.3 Å². The van der Waals surface area contributed by atoms with Gasteiger partial charge in [-0.15, -0.1) is 0 Å². The van der Waals surface area contributed by atoms with Crippen molar-refractivity contribution in [3.63, 3.8) is 0 Å². The highest BCUT2D eigenvalue weighted by atomic mass is 32.2. The summed E-state index contributed by atoms with van der Waals surface area (Å²) in [5, 5.41) is 8.03. The number of nitrogens with one attached hydrogen (secondary N) is 1. The Bertz CT molecular complexity index is 1480. The summed E-state index contributed by atoms with van der Waals surface area (Å²) in [6.07, 6.45) is 2.94. The molecular weight excluding hydrogens is 482 g/mol. The molecule has 194 valence electrons. The number of aromatic nitrogens is 3. The molecule has 1 amide bonds. The fourth-order valence-electron chi connectivity index (χ4n) is 4.58. The van der Waals surface area contributed by atoms with E-state index in [1.807, 2.05) is 52.0 Å². The fraction of sp³-hybridized carbons (Fsp3) is 0.480. The van der Waals surface area contributed by atoms with Gasteiger partial charge in [0.2, 0.25) is 10.0 Å². The third kappa shape index (κ3) is 5.31. The summed E-state index contributed by atoms with van der Waals surface area (Å²) in [4.78, 5) is 25.6. The van der Waals surface area contributed by atoms with E-state index < -0.39 is 21.7 Å². The Kier molecular flexibility index (Phi) is 6.74. The second-order valence-corrected chi connectivity index (χ2v) is 12.3. The first-order valence-corrected chi connectivity index (χ1v) is 13.7. The first kappa shape index (κ1) is 25.9. The number of rotatable bonds is 5. The molecule has 0 saturated heterocycles. The number of benzene rings is 1. The van der Waals surface area contributed by atoms with Gasteiger partial charge in [0.25, 0.3) is 5.56 Å². The maximum Gasteiger partial charge on any atom is 0.408 e. The minimum atomic E-state index is -3.32. The maximum absolute atomic E-state index is 13.4. The van der Waals surface area contributed by atoms with Crippen LogP contribution in [-0.4, -0.2) is 51.6 Å². The third-order valence-electron chi connectivity index (χ3n) is 6.36. The van der Waals surface area contributed by atoms with E-state index >= 15 is 0 Å². The highest BCUT2D eigenvalue weighted by Crippen LogP contribution is 2.29. The summed E-state index contributed by atoms with van der Waals surface area (Å²) in [7, 11) is -1.53. The van der Waals surface area contributed by atoms with Gasteiger partial charge in [-0.3, -0.25) is 4.79 Å². The van der Waals surface area contributed by atoms with Crippen LogP contribution in [0.4, 0.5) is 4.79 Å². The molecular formula is C25H33N5O5S. The Morgan fingerprint density at radius 1 is 1.28 bits per heavy atom. The topological polar surface area (TPSA) is 116 Å². The van der Waals surface area contributed by atoms with Crippen molar-refractivity contribution in [2.24, 2.45) is 7.05 Å². The molecule has 3 aromatic rings. The first-order chi connectivity index (χ1) is 16.7. The lowest BCUT2D eigenvalue weighted by molar-refractivity contribution is 0.0508. The Morgan fingerprint density at radius 3 is 2.67 bits per heavy atom. The summed E-state index contributed by atoms with van der Waals surface area (Å²) in [5.74, 6) is 0. The summed E-state index contributed by atoms with van der Waals surface area (Å²) in [6, 6.07) is 7.33. The summed E-state index contributed by atoms with van der Waals surface area (Å²) < 4.78 is 34.1. The van der Waals surface area contributed by atoms with Gasteiger partial charge in [-0.25, -0.2) is 17.9 Å². The van der Waals surface area contributed by atoms with Crippen LogP contribution in [0.3, 0.4) is 0 Å².